The number of nitrogens with zero attached hydrogens (tertiary/aromatic N) is 5. The van der Waals surface area contributed by atoms with Gasteiger partial charge in [0.2, 0.25) is 5.91 Å². The Kier molecular flexibility index (Phi) is 5.81. The zero-order chi connectivity index (χ0) is 21.1. The summed E-state index contributed by atoms with van der Waals surface area (Å²) >= 11 is 6.10. The first-order valence-corrected chi connectivity index (χ1v) is 10.3. The molecule has 0 spiro atoms. The fourth-order valence-electron chi connectivity index (χ4n) is 3.45. The van der Waals surface area contributed by atoms with Gasteiger partial charge in [0.1, 0.15) is 12.6 Å². The molecule has 154 valence electrons. The van der Waals surface area contributed by atoms with Crippen LogP contribution in [0.1, 0.15) is 37.4 Å². The Morgan fingerprint density at radius 2 is 1.90 bits per heavy atom. The fraction of sp³-hybridized carbons (Fsp3) is 0.273. The number of aromatic nitrogens is 4. The maximum absolute atomic E-state index is 12.7. The van der Waals surface area contributed by atoms with Crippen molar-refractivity contribution < 1.29 is 4.79 Å². The van der Waals surface area contributed by atoms with Gasteiger partial charge in [0.05, 0.1) is 5.70 Å². The Morgan fingerprint density at radius 3 is 2.60 bits per heavy atom. The molecule has 1 aromatic heterocycles. The van der Waals surface area contributed by atoms with Crippen molar-refractivity contribution in [1.82, 2.24) is 25.5 Å². The number of fused-ring (bicyclic) bond motifs is 1. The summed E-state index contributed by atoms with van der Waals surface area (Å²) in [5.74, 6) is 0.438. The molecule has 0 aliphatic carbocycles. The number of amides is 1. The smallest absolute Gasteiger partial charge is 0.251 e. The van der Waals surface area contributed by atoms with Gasteiger partial charge >= 0.3 is 0 Å². The van der Waals surface area contributed by atoms with E-state index in [0.717, 1.165) is 23.2 Å². The second-order valence-electron chi connectivity index (χ2n) is 7.30. The van der Waals surface area contributed by atoms with Gasteiger partial charge in [0, 0.05) is 11.1 Å². The van der Waals surface area contributed by atoms with Crippen LogP contribution in [0.4, 0.5) is 5.95 Å². The van der Waals surface area contributed by atoms with Crippen LogP contribution in [0.25, 0.3) is 5.70 Å². The van der Waals surface area contributed by atoms with Gasteiger partial charge in [-0.3, -0.25) is 9.69 Å². The van der Waals surface area contributed by atoms with E-state index in [9.17, 15) is 4.79 Å². The highest BCUT2D eigenvalue weighted by atomic mass is 35.5. The van der Waals surface area contributed by atoms with E-state index in [0.29, 0.717) is 11.0 Å². The lowest BCUT2D eigenvalue weighted by molar-refractivity contribution is -0.120. The lowest BCUT2D eigenvalue weighted by atomic mass is 10.0. The normalized spacial score (nSPS) is 16.6. The molecule has 7 nitrogen and oxygen atoms in total. The molecule has 2 aromatic carbocycles. The first-order valence-electron chi connectivity index (χ1n) is 9.94. The molecule has 1 amide bonds. The number of hydrogen-bond donors (Lipinski definition) is 1. The van der Waals surface area contributed by atoms with Crippen LogP contribution >= 0.6 is 11.6 Å². The minimum atomic E-state index is -0.184. The summed E-state index contributed by atoms with van der Waals surface area (Å²) in [4.78, 5) is 14.6. The fourth-order valence-corrected chi connectivity index (χ4v) is 3.57. The second-order valence-corrected chi connectivity index (χ2v) is 7.74. The molecular formula is C22H23ClN6O. The Hall–Kier alpha value is -3.19. The number of carbonyl (C=O) groups excluding carboxylic acids is 1. The zero-order valence-corrected chi connectivity index (χ0v) is 17.6. The third-order valence-corrected chi connectivity index (χ3v) is 5.44. The molecule has 2 atom stereocenters. The third kappa shape index (κ3) is 4.07. The van der Waals surface area contributed by atoms with Crippen LogP contribution in [0.2, 0.25) is 5.02 Å². The molecule has 0 saturated carbocycles. The van der Waals surface area contributed by atoms with Crippen LogP contribution in [0, 0.1) is 0 Å². The summed E-state index contributed by atoms with van der Waals surface area (Å²) < 4.78 is 1.74. The number of anilines is 1. The largest absolute Gasteiger partial charge is 0.352 e. The average Bonchev–Trinajstić information content (AvgIpc) is 3.25. The molecule has 4 rings (SSSR count). The van der Waals surface area contributed by atoms with E-state index >= 15 is 0 Å². The van der Waals surface area contributed by atoms with Crippen LogP contribution in [-0.4, -0.2) is 38.7 Å². The molecule has 0 radical (unpaired) electrons. The van der Waals surface area contributed by atoms with Crippen LogP contribution in [0.3, 0.4) is 0 Å². The predicted octanol–water partition coefficient (Wildman–Crippen LogP) is 3.69. The second kappa shape index (κ2) is 8.67. The van der Waals surface area contributed by atoms with Gasteiger partial charge in [0.25, 0.3) is 5.95 Å². The van der Waals surface area contributed by atoms with E-state index in [1.54, 1.807) is 4.68 Å². The lowest BCUT2D eigenvalue weighted by Crippen LogP contribution is -2.42. The standard InChI is InChI=1S/C22H23ClN6O/c1-3-15(2)24-21(30)14-28-19(17-9-11-18(23)12-10-17)13-20(16-7-5-4-6-8-16)29-22(28)25-26-27-29/h4-13,15,20H,3,14H2,1-2H3,(H,24,30). The van der Waals surface area contributed by atoms with Gasteiger partial charge in [-0.15, -0.1) is 0 Å². The summed E-state index contributed by atoms with van der Waals surface area (Å²) in [6.07, 6.45) is 2.94. The lowest BCUT2D eigenvalue weighted by Gasteiger charge is -2.32. The van der Waals surface area contributed by atoms with Crippen molar-refractivity contribution in [1.29, 1.82) is 0 Å². The van der Waals surface area contributed by atoms with Crippen LogP contribution in [0.15, 0.2) is 60.7 Å². The van der Waals surface area contributed by atoms with Gasteiger partial charge in [-0.2, -0.15) is 4.68 Å². The van der Waals surface area contributed by atoms with E-state index in [2.05, 4.69) is 26.9 Å². The van der Waals surface area contributed by atoms with Gasteiger partial charge in [-0.05, 0) is 53.1 Å². The third-order valence-electron chi connectivity index (χ3n) is 5.19. The number of tetrazole rings is 1. The SMILES string of the molecule is CCC(C)NC(=O)CN1C(c2ccc(Cl)cc2)=CC(c2ccccc2)n2nnnc21. The number of carbonyl (C=O) groups is 1. The van der Waals surface area contributed by atoms with E-state index in [1.165, 1.54) is 0 Å². The van der Waals surface area contributed by atoms with Crippen LogP contribution < -0.4 is 10.2 Å². The Morgan fingerprint density at radius 1 is 1.17 bits per heavy atom. The molecule has 2 heterocycles. The van der Waals surface area contributed by atoms with Crippen molar-refractivity contribution in [3.05, 3.63) is 76.8 Å². The summed E-state index contributed by atoms with van der Waals surface area (Å²) in [6, 6.07) is 17.5. The minimum Gasteiger partial charge on any atom is -0.352 e. The zero-order valence-electron chi connectivity index (χ0n) is 16.9. The number of halogens is 1. The molecular weight excluding hydrogens is 400 g/mol. The van der Waals surface area contributed by atoms with E-state index in [1.807, 2.05) is 73.3 Å². The van der Waals surface area contributed by atoms with Crippen molar-refractivity contribution >= 4 is 29.2 Å². The van der Waals surface area contributed by atoms with Crippen molar-refractivity contribution in [2.24, 2.45) is 0 Å². The molecule has 1 N–H and O–H groups in total. The molecule has 3 aromatic rings. The number of hydrogen-bond acceptors (Lipinski definition) is 5. The molecule has 1 aliphatic rings. The maximum atomic E-state index is 12.7. The molecule has 1 aliphatic heterocycles. The number of allylic oxidation sites excluding steroid dienone is 1. The molecule has 0 fully saturated rings. The molecule has 0 bridgehead atoms. The summed E-state index contributed by atoms with van der Waals surface area (Å²) in [5, 5.41) is 16.0. The highest BCUT2D eigenvalue weighted by molar-refractivity contribution is 6.30. The van der Waals surface area contributed by atoms with Crippen LogP contribution in [0.5, 0.6) is 0 Å². The maximum Gasteiger partial charge on any atom is 0.251 e. The van der Waals surface area contributed by atoms with Gasteiger partial charge in [-0.25, -0.2) is 0 Å². The minimum absolute atomic E-state index is 0.0862. The summed E-state index contributed by atoms with van der Waals surface area (Å²) in [5.41, 5.74) is 2.86. The van der Waals surface area contributed by atoms with Crippen LogP contribution in [-0.2, 0) is 4.79 Å². The van der Waals surface area contributed by atoms with Crippen molar-refractivity contribution in [3.63, 3.8) is 0 Å². The Balaban J connectivity index is 1.77. The number of benzene rings is 2. The number of rotatable bonds is 6. The van der Waals surface area contributed by atoms with E-state index in [4.69, 9.17) is 11.6 Å². The van der Waals surface area contributed by atoms with Gasteiger partial charge in [0.15, 0.2) is 0 Å². The topological polar surface area (TPSA) is 75.9 Å². The van der Waals surface area contributed by atoms with Crippen molar-refractivity contribution in [2.75, 3.05) is 11.4 Å². The number of nitrogens with one attached hydrogen (secondary N) is 1. The van der Waals surface area contributed by atoms with E-state index in [-0.39, 0.29) is 24.5 Å². The highest BCUT2D eigenvalue weighted by Gasteiger charge is 2.32. The average molecular weight is 423 g/mol. The first kappa shape index (κ1) is 20.1. The Labute approximate surface area is 180 Å². The van der Waals surface area contributed by atoms with Crippen molar-refractivity contribution in [2.45, 2.75) is 32.4 Å². The molecule has 30 heavy (non-hydrogen) atoms. The van der Waals surface area contributed by atoms with E-state index < -0.39 is 0 Å². The summed E-state index contributed by atoms with van der Waals surface area (Å²) in [6.45, 7) is 4.14. The molecule has 0 saturated heterocycles. The van der Waals surface area contributed by atoms with Crippen molar-refractivity contribution in [3.8, 4) is 0 Å². The molecule has 8 heteroatoms. The quantitative estimate of drug-likeness (QED) is 0.655. The monoisotopic (exact) mass is 422 g/mol. The highest BCUT2D eigenvalue weighted by Crippen LogP contribution is 2.36. The predicted molar refractivity (Wildman–Crippen MR) is 117 cm³/mol. The van der Waals surface area contributed by atoms with Gasteiger partial charge in [-0.1, -0.05) is 66.1 Å². The van der Waals surface area contributed by atoms with Gasteiger partial charge < -0.3 is 5.32 Å². The first-order chi connectivity index (χ1) is 14.6. The molecule has 2 unspecified atom stereocenters. The Bertz CT molecular complexity index is 1050. The summed E-state index contributed by atoms with van der Waals surface area (Å²) in [7, 11) is 0.